The first-order valence-corrected chi connectivity index (χ1v) is 9.62. The van der Waals surface area contributed by atoms with Gasteiger partial charge in [-0.15, -0.1) is 0 Å². The number of hydrogen-bond donors (Lipinski definition) is 1. The second kappa shape index (κ2) is 4.14. The van der Waals surface area contributed by atoms with Crippen LogP contribution in [0, 0.1) is 17.3 Å². The van der Waals surface area contributed by atoms with Crippen LogP contribution in [0.4, 0.5) is 5.69 Å². The Bertz CT molecular complexity index is 670. The van der Waals surface area contributed by atoms with Crippen molar-refractivity contribution in [2.75, 3.05) is 18.9 Å². The van der Waals surface area contributed by atoms with Gasteiger partial charge >= 0.3 is 0 Å². The van der Waals surface area contributed by atoms with Crippen LogP contribution < -0.4 is 5.32 Å². The Kier molecular flexibility index (Phi) is 2.58. The van der Waals surface area contributed by atoms with Crippen LogP contribution in [0.1, 0.15) is 52.0 Å². The van der Waals surface area contributed by atoms with Crippen LogP contribution >= 0.6 is 0 Å². The number of likely N-dealkylation sites (tertiary alicyclic amines) is 1. The molecule has 2 nitrogen and oxygen atoms in total. The lowest BCUT2D eigenvalue weighted by molar-refractivity contribution is 0.0574. The highest BCUT2D eigenvalue weighted by molar-refractivity contribution is 5.70. The molecule has 2 aliphatic carbocycles. The van der Waals surface area contributed by atoms with E-state index in [2.05, 4.69) is 62.3 Å². The van der Waals surface area contributed by atoms with Gasteiger partial charge < -0.3 is 10.2 Å². The molecule has 2 aliphatic heterocycles. The van der Waals surface area contributed by atoms with Gasteiger partial charge in [-0.3, -0.25) is 0 Å². The van der Waals surface area contributed by atoms with Crippen molar-refractivity contribution in [3.63, 3.8) is 0 Å². The summed E-state index contributed by atoms with van der Waals surface area (Å²) in [7, 11) is 2.39. The second-order valence-electron chi connectivity index (χ2n) is 8.95. The standard InChI is InChI=1S/C21H30N2/c1-5-10-19-13-14(2)21(15(19)3)20(11-12-23(4)18(19)20)16-8-6-7-9-17(16)22-21/h6-9,14-15,18,22H,5,10-13H2,1-4H3/t14-,15-,18+,19+,20-,21-/m1/s1. The Balaban J connectivity index is 1.82. The van der Waals surface area contributed by atoms with E-state index in [1.165, 1.54) is 37.9 Å². The number of nitrogens with zero attached hydrogens (tertiary/aromatic N) is 1. The third-order valence-electron chi connectivity index (χ3n) is 8.52. The van der Waals surface area contributed by atoms with Crippen molar-refractivity contribution in [3.8, 4) is 0 Å². The summed E-state index contributed by atoms with van der Waals surface area (Å²) in [5.74, 6) is 1.52. The van der Waals surface area contributed by atoms with Crippen molar-refractivity contribution in [1.29, 1.82) is 0 Å². The number of nitrogens with one attached hydrogen (secondary N) is 1. The van der Waals surface area contributed by atoms with Crippen molar-refractivity contribution in [2.24, 2.45) is 17.3 Å². The number of benzene rings is 1. The highest BCUT2D eigenvalue weighted by Gasteiger charge is 2.83. The fourth-order valence-electron chi connectivity index (χ4n) is 8.29. The lowest BCUT2D eigenvalue weighted by Gasteiger charge is -2.50. The Hall–Kier alpha value is -1.02. The highest BCUT2D eigenvalue weighted by Crippen LogP contribution is 2.78. The van der Waals surface area contributed by atoms with Crippen LogP contribution in [0.15, 0.2) is 24.3 Å². The molecule has 6 atom stereocenters. The monoisotopic (exact) mass is 310 g/mol. The number of rotatable bonds is 2. The minimum atomic E-state index is 0.279. The largest absolute Gasteiger partial charge is 0.378 e. The summed E-state index contributed by atoms with van der Waals surface area (Å²) in [6.07, 6.45) is 5.44. The molecule has 0 amide bonds. The topological polar surface area (TPSA) is 15.3 Å². The van der Waals surface area contributed by atoms with Gasteiger partial charge in [0, 0.05) is 17.1 Å². The molecule has 1 aromatic carbocycles. The summed E-state index contributed by atoms with van der Waals surface area (Å²) < 4.78 is 0. The van der Waals surface area contributed by atoms with Gasteiger partial charge in [0.15, 0.2) is 0 Å². The predicted octanol–water partition coefficient (Wildman–Crippen LogP) is 4.27. The summed E-state index contributed by atoms with van der Waals surface area (Å²) >= 11 is 0. The molecular weight excluding hydrogens is 280 g/mol. The Morgan fingerprint density at radius 3 is 2.83 bits per heavy atom. The fraction of sp³-hybridized carbons (Fsp3) is 0.714. The van der Waals surface area contributed by atoms with Crippen LogP contribution in [0.5, 0.6) is 0 Å². The number of likely N-dealkylation sites (N-methyl/N-ethyl adjacent to an activating group) is 1. The van der Waals surface area contributed by atoms with Crippen LogP contribution in [-0.4, -0.2) is 30.1 Å². The molecule has 2 heterocycles. The van der Waals surface area contributed by atoms with E-state index in [0.29, 0.717) is 10.8 Å². The highest BCUT2D eigenvalue weighted by atomic mass is 15.3. The van der Waals surface area contributed by atoms with E-state index >= 15 is 0 Å². The van der Waals surface area contributed by atoms with Crippen molar-refractivity contribution >= 4 is 5.69 Å². The Labute approximate surface area is 140 Å². The molecule has 2 saturated carbocycles. The van der Waals surface area contributed by atoms with Gasteiger partial charge in [-0.2, -0.15) is 0 Å². The summed E-state index contributed by atoms with van der Waals surface area (Å²) in [6.45, 7) is 8.75. The minimum Gasteiger partial charge on any atom is -0.378 e. The first kappa shape index (κ1) is 14.3. The van der Waals surface area contributed by atoms with Crippen LogP contribution in [0.25, 0.3) is 0 Å². The normalized spacial score (nSPS) is 49.8. The second-order valence-corrected chi connectivity index (χ2v) is 8.95. The average molecular weight is 310 g/mol. The molecule has 3 fully saturated rings. The maximum Gasteiger partial charge on any atom is 0.0543 e. The fourth-order valence-corrected chi connectivity index (χ4v) is 8.29. The molecule has 1 N–H and O–H groups in total. The molecule has 1 saturated heterocycles. The van der Waals surface area contributed by atoms with E-state index in [9.17, 15) is 0 Å². The maximum atomic E-state index is 4.14. The first-order valence-electron chi connectivity index (χ1n) is 9.62. The molecule has 1 aromatic rings. The average Bonchev–Trinajstić information content (AvgIpc) is 3.15. The Morgan fingerprint density at radius 1 is 1.26 bits per heavy atom. The zero-order chi connectivity index (χ0) is 16.0. The van der Waals surface area contributed by atoms with Gasteiger partial charge in [-0.05, 0) is 61.7 Å². The van der Waals surface area contributed by atoms with E-state index in [4.69, 9.17) is 0 Å². The predicted molar refractivity (Wildman–Crippen MR) is 95.8 cm³/mol. The van der Waals surface area contributed by atoms with E-state index in [-0.39, 0.29) is 5.54 Å². The van der Waals surface area contributed by atoms with Gasteiger partial charge in [0.25, 0.3) is 0 Å². The van der Waals surface area contributed by atoms with E-state index in [1.807, 2.05) is 0 Å². The van der Waals surface area contributed by atoms with E-state index < -0.39 is 0 Å². The minimum absolute atomic E-state index is 0.279. The number of para-hydroxylation sites is 1. The summed E-state index contributed by atoms with van der Waals surface area (Å²) in [5, 5.41) is 4.14. The summed E-state index contributed by atoms with van der Waals surface area (Å²) in [5.41, 5.74) is 4.18. The molecule has 2 heteroatoms. The first-order chi connectivity index (χ1) is 11.0. The van der Waals surface area contributed by atoms with Crippen molar-refractivity contribution in [2.45, 2.75) is 63.5 Å². The van der Waals surface area contributed by atoms with Crippen molar-refractivity contribution in [3.05, 3.63) is 29.8 Å². The molecule has 2 bridgehead atoms. The number of hydrogen-bond acceptors (Lipinski definition) is 2. The molecule has 5 rings (SSSR count). The van der Waals surface area contributed by atoms with Crippen molar-refractivity contribution < 1.29 is 0 Å². The van der Waals surface area contributed by atoms with Crippen molar-refractivity contribution in [1.82, 2.24) is 4.90 Å². The van der Waals surface area contributed by atoms with Gasteiger partial charge in [0.1, 0.15) is 0 Å². The maximum absolute atomic E-state index is 4.14. The van der Waals surface area contributed by atoms with E-state index in [0.717, 1.165) is 17.9 Å². The molecule has 124 valence electrons. The van der Waals surface area contributed by atoms with Crippen LogP contribution in [0.3, 0.4) is 0 Å². The lowest BCUT2D eigenvalue weighted by Crippen LogP contribution is -2.60. The zero-order valence-corrected chi connectivity index (χ0v) is 15.0. The molecule has 2 spiro atoms. The number of fused-ring (bicyclic) bond motifs is 3. The van der Waals surface area contributed by atoms with Gasteiger partial charge in [-0.1, -0.05) is 45.4 Å². The zero-order valence-electron chi connectivity index (χ0n) is 15.0. The summed E-state index contributed by atoms with van der Waals surface area (Å²) in [4.78, 5) is 2.73. The molecule has 0 unspecified atom stereocenters. The molecule has 0 radical (unpaired) electrons. The number of anilines is 1. The Morgan fingerprint density at radius 2 is 2.04 bits per heavy atom. The van der Waals surface area contributed by atoms with Crippen LogP contribution in [-0.2, 0) is 5.41 Å². The SMILES string of the molecule is CCC[C@@]12C[C@@H](C)[C@@]3(Nc4ccccc4[C@@]34CCN(C)[C@@H]14)[C@@H]2C. The molecule has 23 heavy (non-hydrogen) atoms. The molecular formula is C21H30N2. The third kappa shape index (κ3) is 1.21. The quantitative estimate of drug-likeness (QED) is 0.877. The van der Waals surface area contributed by atoms with Gasteiger partial charge in [0.2, 0.25) is 0 Å². The van der Waals surface area contributed by atoms with E-state index in [1.54, 1.807) is 5.56 Å². The smallest absolute Gasteiger partial charge is 0.0543 e. The third-order valence-corrected chi connectivity index (χ3v) is 8.52. The van der Waals surface area contributed by atoms with Gasteiger partial charge in [-0.25, -0.2) is 0 Å². The summed E-state index contributed by atoms with van der Waals surface area (Å²) in [6, 6.07) is 9.95. The van der Waals surface area contributed by atoms with Crippen LogP contribution in [0.2, 0.25) is 0 Å². The molecule has 0 aromatic heterocycles. The van der Waals surface area contributed by atoms with Gasteiger partial charge in [0.05, 0.1) is 5.54 Å². The lowest BCUT2D eigenvalue weighted by atomic mass is 9.57. The molecule has 4 aliphatic rings.